The van der Waals surface area contributed by atoms with Gasteiger partial charge in [0.25, 0.3) is 0 Å². The molecule has 1 aliphatic rings. The third-order valence-corrected chi connectivity index (χ3v) is 5.62. The molecule has 0 unspecified atom stereocenters. The Balaban J connectivity index is 1.76. The first-order valence-electron chi connectivity index (χ1n) is 10.3. The molecule has 0 saturated carbocycles. The highest BCUT2D eigenvalue weighted by Gasteiger charge is 2.43. The van der Waals surface area contributed by atoms with E-state index < -0.39 is 5.41 Å². The standard InChI is InChI=1S/C24H27N3O3/c1-19(28)27-15-12-24(13-16-27,20-8-3-2-4-9-20)23(29)26-21-10-7-11-22(18-21)30-17-6-5-14-25/h2-4,7-11,18H,5-6,12-13,15-17H2,1H3,(H,26,29). The Morgan fingerprint density at radius 2 is 1.87 bits per heavy atom. The van der Waals surface area contributed by atoms with Gasteiger partial charge in [-0.15, -0.1) is 0 Å². The van der Waals surface area contributed by atoms with Gasteiger partial charge in [0.2, 0.25) is 11.8 Å². The predicted octanol–water partition coefficient (Wildman–Crippen LogP) is 3.89. The zero-order valence-corrected chi connectivity index (χ0v) is 17.3. The number of unbranched alkanes of at least 4 members (excludes halogenated alkanes) is 1. The van der Waals surface area contributed by atoms with E-state index in [-0.39, 0.29) is 11.8 Å². The largest absolute Gasteiger partial charge is 0.493 e. The highest BCUT2D eigenvalue weighted by Crippen LogP contribution is 2.37. The molecule has 1 aliphatic heterocycles. The first-order chi connectivity index (χ1) is 14.5. The van der Waals surface area contributed by atoms with Crippen molar-refractivity contribution < 1.29 is 14.3 Å². The lowest BCUT2D eigenvalue weighted by atomic mass is 9.72. The maximum Gasteiger partial charge on any atom is 0.235 e. The SMILES string of the molecule is CC(=O)N1CCC(C(=O)Nc2cccc(OCCCC#N)c2)(c2ccccc2)CC1. The molecule has 1 saturated heterocycles. The fraction of sp³-hybridized carbons (Fsp3) is 0.375. The van der Waals surface area contributed by atoms with Crippen molar-refractivity contribution in [1.82, 2.24) is 4.90 Å². The average molecular weight is 405 g/mol. The fourth-order valence-corrected chi connectivity index (χ4v) is 3.86. The smallest absolute Gasteiger partial charge is 0.235 e. The van der Waals surface area contributed by atoms with E-state index in [2.05, 4.69) is 11.4 Å². The van der Waals surface area contributed by atoms with Gasteiger partial charge in [-0.3, -0.25) is 9.59 Å². The number of anilines is 1. The van der Waals surface area contributed by atoms with Gasteiger partial charge >= 0.3 is 0 Å². The average Bonchev–Trinajstić information content (AvgIpc) is 2.77. The van der Waals surface area contributed by atoms with Gasteiger partial charge in [-0.1, -0.05) is 36.4 Å². The van der Waals surface area contributed by atoms with Crippen molar-refractivity contribution in [3.63, 3.8) is 0 Å². The van der Waals surface area contributed by atoms with Crippen LogP contribution in [0, 0.1) is 11.3 Å². The van der Waals surface area contributed by atoms with Gasteiger partial charge < -0.3 is 15.0 Å². The summed E-state index contributed by atoms with van der Waals surface area (Å²) in [6.07, 6.45) is 2.27. The number of hydrogen-bond acceptors (Lipinski definition) is 4. The Bertz CT molecular complexity index is 913. The molecule has 0 atom stereocenters. The first-order valence-corrected chi connectivity index (χ1v) is 10.3. The summed E-state index contributed by atoms with van der Waals surface area (Å²) in [5.41, 5.74) is 0.952. The highest BCUT2D eigenvalue weighted by atomic mass is 16.5. The molecule has 156 valence electrons. The van der Waals surface area contributed by atoms with Crippen LogP contribution >= 0.6 is 0 Å². The topological polar surface area (TPSA) is 82.4 Å². The lowest BCUT2D eigenvalue weighted by Crippen LogP contribution is -2.50. The number of benzene rings is 2. The Kier molecular flexibility index (Phi) is 7.08. The minimum absolute atomic E-state index is 0.0401. The molecule has 0 bridgehead atoms. The summed E-state index contributed by atoms with van der Waals surface area (Å²) in [5.74, 6) is 0.628. The predicted molar refractivity (Wildman–Crippen MR) is 115 cm³/mol. The number of carbonyl (C=O) groups excluding carboxylic acids is 2. The molecule has 0 radical (unpaired) electrons. The van der Waals surface area contributed by atoms with E-state index in [1.807, 2.05) is 48.5 Å². The zero-order valence-electron chi connectivity index (χ0n) is 17.3. The summed E-state index contributed by atoms with van der Waals surface area (Å²) in [6.45, 7) is 3.14. The number of nitrogens with zero attached hydrogens (tertiary/aromatic N) is 2. The highest BCUT2D eigenvalue weighted by molar-refractivity contribution is 5.99. The van der Waals surface area contributed by atoms with E-state index in [9.17, 15) is 9.59 Å². The van der Waals surface area contributed by atoms with Crippen LogP contribution in [0.2, 0.25) is 0 Å². The lowest BCUT2D eigenvalue weighted by Gasteiger charge is -2.40. The second-order valence-corrected chi connectivity index (χ2v) is 7.55. The van der Waals surface area contributed by atoms with Crippen molar-refractivity contribution in [1.29, 1.82) is 5.26 Å². The van der Waals surface area contributed by atoms with Gasteiger partial charge in [0, 0.05) is 38.2 Å². The summed E-state index contributed by atoms with van der Waals surface area (Å²) >= 11 is 0. The lowest BCUT2D eigenvalue weighted by molar-refractivity contribution is -0.133. The van der Waals surface area contributed by atoms with Crippen LogP contribution in [-0.2, 0) is 15.0 Å². The van der Waals surface area contributed by atoms with Crippen LogP contribution in [0.3, 0.4) is 0 Å². The molecular formula is C24H27N3O3. The van der Waals surface area contributed by atoms with Crippen LogP contribution in [0.15, 0.2) is 54.6 Å². The van der Waals surface area contributed by atoms with Crippen molar-refractivity contribution in [3.05, 3.63) is 60.2 Å². The van der Waals surface area contributed by atoms with Crippen molar-refractivity contribution >= 4 is 17.5 Å². The second-order valence-electron chi connectivity index (χ2n) is 7.55. The number of ether oxygens (including phenoxy) is 1. The number of piperidine rings is 1. The van der Waals surface area contributed by atoms with Crippen molar-refractivity contribution in [2.24, 2.45) is 0 Å². The summed E-state index contributed by atoms with van der Waals surface area (Å²) in [6, 6.07) is 19.2. The molecule has 0 aromatic heterocycles. The van der Waals surface area contributed by atoms with Gasteiger partial charge in [-0.25, -0.2) is 0 Å². The van der Waals surface area contributed by atoms with Crippen molar-refractivity contribution in [2.45, 2.75) is 38.0 Å². The number of rotatable bonds is 7. The van der Waals surface area contributed by atoms with Gasteiger partial charge in [-0.2, -0.15) is 5.26 Å². The number of hydrogen-bond donors (Lipinski definition) is 1. The summed E-state index contributed by atoms with van der Waals surface area (Å²) < 4.78 is 5.68. The zero-order chi connectivity index (χ0) is 21.4. The molecule has 1 N–H and O–H groups in total. The Hall–Kier alpha value is -3.33. The van der Waals surface area contributed by atoms with E-state index in [0.717, 1.165) is 5.56 Å². The van der Waals surface area contributed by atoms with Gasteiger partial charge in [0.1, 0.15) is 5.75 Å². The number of nitriles is 1. The molecule has 30 heavy (non-hydrogen) atoms. The van der Waals surface area contributed by atoms with Crippen LogP contribution in [0.1, 0.15) is 38.2 Å². The monoisotopic (exact) mass is 405 g/mol. The number of carbonyl (C=O) groups is 2. The maximum atomic E-state index is 13.5. The third-order valence-electron chi connectivity index (χ3n) is 5.62. The van der Waals surface area contributed by atoms with Crippen molar-refractivity contribution in [2.75, 3.05) is 25.0 Å². The van der Waals surface area contributed by atoms with Crippen LogP contribution < -0.4 is 10.1 Å². The Morgan fingerprint density at radius 3 is 2.53 bits per heavy atom. The van der Waals surface area contributed by atoms with E-state index in [1.54, 1.807) is 17.9 Å². The van der Waals surface area contributed by atoms with Crippen LogP contribution in [-0.4, -0.2) is 36.4 Å². The molecule has 1 fully saturated rings. The molecule has 2 aromatic carbocycles. The molecule has 6 nitrogen and oxygen atoms in total. The minimum atomic E-state index is -0.684. The minimum Gasteiger partial charge on any atom is -0.493 e. The molecule has 3 rings (SSSR count). The molecule has 0 spiro atoms. The summed E-state index contributed by atoms with van der Waals surface area (Å²) in [4.78, 5) is 27.0. The number of nitrogens with one attached hydrogen (secondary N) is 1. The van der Waals surface area contributed by atoms with E-state index >= 15 is 0 Å². The molecule has 2 aromatic rings. The summed E-state index contributed by atoms with van der Waals surface area (Å²) in [5, 5.41) is 11.7. The van der Waals surface area contributed by atoms with E-state index in [0.29, 0.717) is 56.8 Å². The third kappa shape index (κ3) is 4.98. The second kappa shape index (κ2) is 9.93. The maximum absolute atomic E-state index is 13.5. The van der Waals surface area contributed by atoms with Crippen molar-refractivity contribution in [3.8, 4) is 11.8 Å². The molecule has 2 amide bonds. The fourth-order valence-electron chi connectivity index (χ4n) is 3.86. The van der Waals surface area contributed by atoms with E-state index in [1.165, 1.54) is 0 Å². The van der Waals surface area contributed by atoms with E-state index in [4.69, 9.17) is 10.00 Å². The molecular weight excluding hydrogens is 378 g/mol. The first kappa shape index (κ1) is 21.4. The van der Waals surface area contributed by atoms with Crippen LogP contribution in [0.4, 0.5) is 5.69 Å². The van der Waals surface area contributed by atoms with Gasteiger partial charge in [0.15, 0.2) is 0 Å². The molecule has 1 heterocycles. The molecule has 0 aliphatic carbocycles. The number of amides is 2. The quantitative estimate of drug-likeness (QED) is 0.709. The summed E-state index contributed by atoms with van der Waals surface area (Å²) in [7, 11) is 0. The number of likely N-dealkylation sites (tertiary alicyclic amines) is 1. The van der Waals surface area contributed by atoms with Gasteiger partial charge in [-0.05, 0) is 37.0 Å². The normalized spacial score (nSPS) is 15.1. The Labute approximate surface area is 177 Å². The van der Waals surface area contributed by atoms with Gasteiger partial charge in [0.05, 0.1) is 18.1 Å². The Morgan fingerprint density at radius 1 is 1.13 bits per heavy atom. The van der Waals surface area contributed by atoms with Crippen LogP contribution in [0.5, 0.6) is 5.75 Å². The van der Waals surface area contributed by atoms with Crippen LogP contribution in [0.25, 0.3) is 0 Å². The molecule has 6 heteroatoms.